The molecule has 1 radical (unpaired) electrons. The third-order valence-electron chi connectivity index (χ3n) is 3.48. The number of hydrogen-bond acceptors (Lipinski definition) is 3. The summed E-state index contributed by atoms with van der Waals surface area (Å²) in [6, 6.07) is 0. The van der Waals surface area contributed by atoms with Crippen LogP contribution in [0.5, 0.6) is 0 Å². The Bertz CT molecular complexity index is 167. The van der Waals surface area contributed by atoms with Gasteiger partial charge in [-0.2, -0.15) is 0 Å². The Kier molecular flexibility index (Phi) is 19.8. The average Bonchev–Trinajstić information content (AvgIpc) is 2.39. The van der Waals surface area contributed by atoms with Crippen LogP contribution in [-0.2, 0) is 0 Å². The average molecular weight is 283 g/mol. The van der Waals surface area contributed by atoms with E-state index in [-0.39, 0.29) is 36.2 Å². The van der Waals surface area contributed by atoms with Crippen LogP contribution in [0.3, 0.4) is 0 Å². The molecule has 0 rings (SSSR count). The predicted molar refractivity (Wildman–Crippen MR) is 81.3 cm³/mol. The van der Waals surface area contributed by atoms with Crippen molar-refractivity contribution in [3.8, 4) is 0 Å². The summed E-state index contributed by atoms with van der Waals surface area (Å²) in [6.45, 7) is 1.89. The Hall–Kier alpha value is 0.880. The molecule has 19 heavy (non-hydrogen) atoms. The largest absolute Gasteiger partial charge is 0.394 e. The Morgan fingerprint density at radius 2 is 1.11 bits per heavy atom. The zero-order chi connectivity index (χ0) is 13.6. The van der Waals surface area contributed by atoms with Gasteiger partial charge < -0.3 is 15.3 Å². The summed E-state index contributed by atoms with van der Waals surface area (Å²) >= 11 is 0. The van der Waals surface area contributed by atoms with Gasteiger partial charge in [-0.3, -0.25) is 0 Å². The van der Waals surface area contributed by atoms with Crippen molar-refractivity contribution < 1.29 is 15.3 Å². The van der Waals surface area contributed by atoms with Gasteiger partial charge in [-0.05, 0) is 6.42 Å². The molecule has 3 nitrogen and oxygen atoms in total. The molecule has 0 amide bonds. The number of aliphatic hydroxyl groups excluding tert-OH is 3. The smallest absolute Gasteiger partial charge is 0.103 e. The van der Waals surface area contributed by atoms with Crippen LogP contribution in [0.1, 0.15) is 77.6 Å². The van der Waals surface area contributed by atoms with Crippen molar-refractivity contribution >= 4 is 29.6 Å². The van der Waals surface area contributed by atoms with Gasteiger partial charge >= 0.3 is 0 Å². The fraction of sp³-hybridized carbons (Fsp3) is 1.00. The van der Waals surface area contributed by atoms with Crippen molar-refractivity contribution in [2.24, 2.45) is 0 Å². The van der Waals surface area contributed by atoms with Crippen molar-refractivity contribution in [1.29, 1.82) is 0 Å². The summed E-state index contributed by atoms with van der Waals surface area (Å²) in [5, 5.41) is 27.3. The second-order valence-electron chi connectivity index (χ2n) is 5.29. The minimum atomic E-state index is -0.969. The van der Waals surface area contributed by atoms with Crippen LogP contribution in [0.2, 0.25) is 0 Å². The third-order valence-corrected chi connectivity index (χ3v) is 3.48. The molecular formula is C15H32NaO3. The topological polar surface area (TPSA) is 60.7 Å². The van der Waals surface area contributed by atoms with E-state index >= 15 is 0 Å². The zero-order valence-corrected chi connectivity index (χ0v) is 15.0. The molecule has 0 aliphatic rings. The van der Waals surface area contributed by atoms with E-state index in [1.807, 2.05) is 0 Å². The first-order chi connectivity index (χ1) is 8.72. The van der Waals surface area contributed by atoms with Crippen molar-refractivity contribution in [1.82, 2.24) is 0 Å². The first-order valence-corrected chi connectivity index (χ1v) is 7.69. The molecule has 2 unspecified atom stereocenters. The van der Waals surface area contributed by atoms with Gasteiger partial charge in [-0.15, -0.1) is 0 Å². The Balaban J connectivity index is 0. The number of aliphatic hydroxyl groups is 3. The van der Waals surface area contributed by atoms with Crippen molar-refractivity contribution in [2.75, 3.05) is 6.61 Å². The van der Waals surface area contributed by atoms with Crippen LogP contribution in [0, 0.1) is 0 Å². The number of rotatable bonds is 13. The SMILES string of the molecule is CCCCCCCCCCCCC(O)C(O)CO.[Na]. The molecule has 0 saturated heterocycles. The molecule has 3 N–H and O–H groups in total. The molecule has 4 heteroatoms. The summed E-state index contributed by atoms with van der Waals surface area (Å²) < 4.78 is 0. The van der Waals surface area contributed by atoms with E-state index in [1.165, 1.54) is 51.4 Å². The van der Waals surface area contributed by atoms with Crippen LogP contribution in [-0.4, -0.2) is 63.7 Å². The van der Waals surface area contributed by atoms with Crippen LogP contribution >= 0.6 is 0 Å². The maximum absolute atomic E-state index is 9.43. The quantitative estimate of drug-likeness (QED) is 0.360. The minimum Gasteiger partial charge on any atom is -0.394 e. The van der Waals surface area contributed by atoms with E-state index < -0.39 is 12.2 Å². The molecule has 0 heterocycles. The summed E-state index contributed by atoms with van der Waals surface area (Å²) in [5.41, 5.74) is 0. The second-order valence-corrected chi connectivity index (χ2v) is 5.29. The molecule has 0 aliphatic carbocycles. The van der Waals surface area contributed by atoms with Crippen LogP contribution in [0.25, 0.3) is 0 Å². The summed E-state index contributed by atoms with van der Waals surface area (Å²) in [7, 11) is 0. The van der Waals surface area contributed by atoms with Crippen LogP contribution in [0.4, 0.5) is 0 Å². The minimum absolute atomic E-state index is 0. The van der Waals surface area contributed by atoms with Gasteiger partial charge in [0.1, 0.15) is 6.10 Å². The number of unbranched alkanes of at least 4 members (excludes halogenated alkanes) is 9. The Morgan fingerprint density at radius 3 is 1.53 bits per heavy atom. The maximum Gasteiger partial charge on any atom is 0.103 e. The van der Waals surface area contributed by atoms with Gasteiger partial charge in [0, 0.05) is 29.6 Å². The fourth-order valence-electron chi connectivity index (χ4n) is 2.15. The van der Waals surface area contributed by atoms with Gasteiger partial charge in [0.2, 0.25) is 0 Å². The molecule has 111 valence electrons. The van der Waals surface area contributed by atoms with Crippen LogP contribution in [0.15, 0.2) is 0 Å². The molecule has 0 aliphatic heterocycles. The van der Waals surface area contributed by atoms with E-state index in [4.69, 9.17) is 10.2 Å². The molecule has 0 aromatic rings. The summed E-state index contributed by atoms with van der Waals surface area (Å²) in [4.78, 5) is 0. The van der Waals surface area contributed by atoms with E-state index in [1.54, 1.807) is 0 Å². The van der Waals surface area contributed by atoms with Crippen molar-refractivity contribution in [2.45, 2.75) is 89.8 Å². The molecule has 0 aromatic carbocycles. The van der Waals surface area contributed by atoms with Gasteiger partial charge in [-0.25, -0.2) is 0 Å². The van der Waals surface area contributed by atoms with E-state index in [0.717, 1.165) is 12.8 Å². The van der Waals surface area contributed by atoms with E-state index in [0.29, 0.717) is 6.42 Å². The Morgan fingerprint density at radius 1 is 0.684 bits per heavy atom. The number of hydrogen-bond donors (Lipinski definition) is 3. The fourth-order valence-corrected chi connectivity index (χ4v) is 2.15. The van der Waals surface area contributed by atoms with E-state index in [9.17, 15) is 5.11 Å². The molecule has 0 bridgehead atoms. The predicted octanol–water partition coefficient (Wildman–Crippen LogP) is 2.63. The first kappa shape index (κ1) is 22.2. The van der Waals surface area contributed by atoms with Gasteiger partial charge in [0.05, 0.1) is 12.7 Å². The molecule has 2 atom stereocenters. The van der Waals surface area contributed by atoms with Crippen LogP contribution < -0.4 is 0 Å². The Labute approximate surface area is 141 Å². The molecule has 0 saturated carbocycles. The van der Waals surface area contributed by atoms with Gasteiger partial charge in [0.25, 0.3) is 0 Å². The molecule has 0 spiro atoms. The van der Waals surface area contributed by atoms with E-state index in [2.05, 4.69) is 6.92 Å². The molecule has 0 aromatic heterocycles. The van der Waals surface area contributed by atoms with Gasteiger partial charge in [-0.1, -0.05) is 71.1 Å². The van der Waals surface area contributed by atoms with Crippen molar-refractivity contribution in [3.63, 3.8) is 0 Å². The standard InChI is InChI=1S/C15H32O3.Na/c1-2-3-4-5-6-7-8-9-10-11-12-14(17)15(18)13-16;/h14-18H,2-13H2,1H3;. The summed E-state index contributed by atoms with van der Waals surface area (Å²) in [6.07, 6.45) is 11.5. The second kappa shape index (κ2) is 16.9. The normalized spacial score (nSPS) is 13.9. The maximum atomic E-state index is 9.43. The molecular weight excluding hydrogens is 251 g/mol. The third kappa shape index (κ3) is 15.1. The van der Waals surface area contributed by atoms with Crippen molar-refractivity contribution in [3.05, 3.63) is 0 Å². The summed E-state index contributed by atoms with van der Waals surface area (Å²) in [5.74, 6) is 0. The zero-order valence-electron chi connectivity index (χ0n) is 13.0. The molecule has 0 fully saturated rings. The van der Waals surface area contributed by atoms with Gasteiger partial charge in [0.15, 0.2) is 0 Å². The monoisotopic (exact) mass is 283 g/mol. The first-order valence-electron chi connectivity index (χ1n) is 7.69.